The molecule has 25 heavy (non-hydrogen) atoms. The summed E-state index contributed by atoms with van der Waals surface area (Å²) in [6, 6.07) is 4.99. The molecule has 7 heteroatoms. The molecule has 1 fully saturated rings. The maximum absolute atomic E-state index is 12.1. The van der Waals surface area contributed by atoms with Crippen LogP contribution in [0.4, 0.5) is 0 Å². The van der Waals surface area contributed by atoms with Crippen LogP contribution in [0.3, 0.4) is 0 Å². The molecule has 0 bridgehead atoms. The van der Waals surface area contributed by atoms with Crippen molar-refractivity contribution in [1.82, 2.24) is 16.0 Å². The number of hydrogen-bond acceptors (Lipinski definition) is 3. The molecule has 0 radical (unpaired) electrons. The third kappa shape index (κ3) is 6.34. The molecule has 0 saturated carbocycles. The predicted molar refractivity (Wildman–Crippen MR) is 101 cm³/mol. The molecule has 0 unspecified atom stereocenters. The molecule has 1 aromatic rings. The van der Waals surface area contributed by atoms with Gasteiger partial charge in [-0.2, -0.15) is 0 Å². The smallest absolute Gasteiger partial charge is 0.244 e. The number of benzene rings is 1. The summed E-state index contributed by atoms with van der Waals surface area (Å²) in [7, 11) is 1.82. The van der Waals surface area contributed by atoms with Crippen molar-refractivity contribution in [3.05, 3.63) is 46.0 Å². The highest BCUT2D eigenvalue weighted by Gasteiger charge is 2.21. The summed E-state index contributed by atoms with van der Waals surface area (Å²) in [5.41, 5.74) is 1.02. The van der Waals surface area contributed by atoms with E-state index in [0.717, 1.165) is 18.4 Å². The van der Waals surface area contributed by atoms with Gasteiger partial charge in [-0.25, -0.2) is 0 Å². The number of halogens is 2. The molecule has 0 spiro atoms. The molecule has 2 atom stereocenters. The number of hydrogen-bond donors (Lipinski definition) is 3. The summed E-state index contributed by atoms with van der Waals surface area (Å²) in [5, 5.41) is 9.74. The fourth-order valence-corrected chi connectivity index (χ4v) is 3.01. The van der Waals surface area contributed by atoms with Crippen LogP contribution in [-0.4, -0.2) is 37.5 Å². The molecule has 3 N–H and O–H groups in total. The van der Waals surface area contributed by atoms with Crippen LogP contribution in [0.5, 0.6) is 0 Å². The summed E-state index contributed by atoms with van der Waals surface area (Å²) in [4.78, 5) is 24.0. The molecule has 0 aliphatic carbocycles. The van der Waals surface area contributed by atoms with E-state index in [2.05, 4.69) is 16.0 Å². The van der Waals surface area contributed by atoms with Gasteiger partial charge in [0.1, 0.15) is 6.04 Å². The maximum Gasteiger partial charge on any atom is 0.244 e. The Kier molecular flexibility index (Phi) is 7.75. The zero-order valence-corrected chi connectivity index (χ0v) is 15.7. The SMILES string of the molecule is CN[C@@H](C=CC(=O)N[C@@H]1CCCCNC1=O)Cc1ccc(Cl)c(Cl)c1. The van der Waals surface area contributed by atoms with Gasteiger partial charge in [-0.3, -0.25) is 9.59 Å². The Morgan fingerprint density at radius 2 is 2.16 bits per heavy atom. The Hall–Kier alpha value is -1.56. The van der Waals surface area contributed by atoms with E-state index in [4.69, 9.17) is 23.2 Å². The van der Waals surface area contributed by atoms with E-state index in [1.54, 1.807) is 12.1 Å². The lowest BCUT2D eigenvalue weighted by Crippen LogP contribution is -2.45. The molecule has 5 nitrogen and oxygen atoms in total. The Bertz CT molecular complexity index is 649. The third-order valence-electron chi connectivity index (χ3n) is 4.14. The lowest BCUT2D eigenvalue weighted by atomic mass is 10.1. The minimum absolute atomic E-state index is 0.0362. The molecule has 1 heterocycles. The van der Waals surface area contributed by atoms with Gasteiger partial charge in [0, 0.05) is 18.7 Å². The fourth-order valence-electron chi connectivity index (χ4n) is 2.69. The van der Waals surface area contributed by atoms with Gasteiger partial charge in [-0.1, -0.05) is 35.3 Å². The largest absolute Gasteiger partial charge is 0.354 e. The first-order valence-corrected chi connectivity index (χ1v) is 9.13. The van der Waals surface area contributed by atoms with Crippen molar-refractivity contribution in [2.45, 2.75) is 37.8 Å². The highest BCUT2D eigenvalue weighted by atomic mass is 35.5. The van der Waals surface area contributed by atoms with E-state index in [0.29, 0.717) is 29.4 Å². The number of rotatable bonds is 6. The zero-order chi connectivity index (χ0) is 18.2. The molecule has 1 aliphatic rings. The second-order valence-electron chi connectivity index (χ2n) is 6.05. The first-order chi connectivity index (χ1) is 12.0. The molecule has 1 saturated heterocycles. The Labute approximate surface area is 158 Å². The standard InChI is InChI=1S/C18H23Cl2N3O2/c1-21-13(10-12-5-7-14(19)15(20)11-12)6-8-17(24)23-16-4-2-3-9-22-18(16)25/h5-8,11,13,16,21H,2-4,9-10H2,1H3,(H,22,25)(H,23,24)/t13-,16+/m0/s1. The van der Waals surface area contributed by atoms with Gasteiger partial charge in [0.15, 0.2) is 0 Å². The number of likely N-dealkylation sites (N-methyl/N-ethyl adjacent to an activating group) is 1. The van der Waals surface area contributed by atoms with E-state index in [1.165, 1.54) is 6.08 Å². The minimum atomic E-state index is -0.456. The first-order valence-electron chi connectivity index (χ1n) is 8.37. The van der Waals surface area contributed by atoms with Crippen molar-refractivity contribution >= 4 is 35.0 Å². The van der Waals surface area contributed by atoms with Crippen LogP contribution < -0.4 is 16.0 Å². The molecule has 136 valence electrons. The average Bonchev–Trinajstić information content (AvgIpc) is 2.79. The van der Waals surface area contributed by atoms with E-state index in [1.807, 2.05) is 19.2 Å². The molecule has 2 rings (SSSR count). The van der Waals surface area contributed by atoms with Crippen LogP contribution in [-0.2, 0) is 16.0 Å². The summed E-state index contributed by atoms with van der Waals surface area (Å²) in [6.45, 7) is 0.673. The van der Waals surface area contributed by atoms with Crippen molar-refractivity contribution in [3.63, 3.8) is 0 Å². The zero-order valence-electron chi connectivity index (χ0n) is 14.1. The predicted octanol–water partition coefficient (Wildman–Crippen LogP) is 2.47. The topological polar surface area (TPSA) is 70.2 Å². The number of carbonyl (C=O) groups excluding carboxylic acids is 2. The molecule has 0 aromatic heterocycles. The summed E-state index contributed by atoms with van der Waals surface area (Å²) in [5.74, 6) is -0.378. The van der Waals surface area contributed by atoms with Crippen molar-refractivity contribution in [2.75, 3.05) is 13.6 Å². The quantitative estimate of drug-likeness (QED) is 0.660. The highest BCUT2D eigenvalue weighted by Crippen LogP contribution is 2.23. The van der Waals surface area contributed by atoms with E-state index < -0.39 is 6.04 Å². The maximum atomic E-state index is 12.1. The van der Waals surface area contributed by atoms with Crippen LogP contribution in [0.2, 0.25) is 10.0 Å². The summed E-state index contributed by atoms with van der Waals surface area (Å²) < 4.78 is 0. The Morgan fingerprint density at radius 1 is 1.36 bits per heavy atom. The Morgan fingerprint density at radius 3 is 2.88 bits per heavy atom. The average molecular weight is 384 g/mol. The highest BCUT2D eigenvalue weighted by molar-refractivity contribution is 6.42. The van der Waals surface area contributed by atoms with Crippen LogP contribution in [0, 0.1) is 0 Å². The van der Waals surface area contributed by atoms with Crippen molar-refractivity contribution in [2.24, 2.45) is 0 Å². The van der Waals surface area contributed by atoms with Crippen LogP contribution in [0.25, 0.3) is 0 Å². The van der Waals surface area contributed by atoms with Gasteiger partial charge in [0.2, 0.25) is 11.8 Å². The van der Waals surface area contributed by atoms with Gasteiger partial charge in [-0.05, 0) is 50.4 Å². The molecular formula is C18H23Cl2N3O2. The van der Waals surface area contributed by atoms with Gasteiger partial charge in [0.05, 0.1) is 10.0 Å². The number of nitrogens with one attached hydrogen (secondary N) is 3. The normalized spacial score (nSPS) is 19.3. The van der Waals surface area contributed by atoms with Crippen molar-refractivity contribution < 1.29 is 9.59 Å². The van der Waals surface area contributed by atoms with Crippen molar-refractivity contribution in [1.29, 1.82) is 0 Å². The monoisotopic (exact) mass is 383 g/mol. The lowest BCUT2D eigenvalue weighted by Gasteiger charge is -2.15. The Balaban J connectivity index is 1.91. The van der Waals surface area contributed by atoms with Crippen LogP contribution >= 0.6 is 23.2 Å². The minimum Gasteiger partial charge on any atom is -0.354 e. The van der Waals surface area contributed by atoms with Gasteiger partial charge in [0.25, 0.3) is 0 Å². The molecular weight excluding hydrogens is 361 g/mol. The molecule has 1 aromatic carbocycles. The second kappa shape index (κ2) is 9.80. The van der Waals surface area contributed by atoms with Crippen LogP contribution in [0.1, 0.15) is 24.8 Å². The fraction of sp³-hybridized carbons (Fsp3) is 0.444. The third-order valence-corrected chi connectivity index (χ3v) is 4.88. The summed E-state index contributed by atoms with van der Waals surface area (Å²) in [6.07, 6.45) is 6.46. The molecule has 1 aliphatic heterocycles. The van der Waals surface area contributed by atoms with Crippen LogP contribution in [0.15, 0.2) is 30.4 Å². The van der Waals surface area contributed by atoms with Gasteiger partial charge >= 0.3 is 0 Å². The first kappa shape index (κ1) is 19.8. The van der Waals surface area contributed by atoms with E-state index >= 15 is 0 Å². The van der Waals surface area contributed by atoms with Gasteiger partial charge in [-0.15, -0.1) is 0 Å². The van der Waals surface area contributed by atoms with E-state index in [9.17, 15) is 9.59 Å². The lowest BCUT2D eigenvalue weighted by molar-refractivity contribution is -0.126. The molecule has 2 amide bonds. The number of carbonyl (C=O) groups is 2. The van der Waals surface area contributed by atoms with E-state index in [-0.39, 0.29) is 17.9 Å². The van der Waals surface area contributed by atoms with Gasteiger partial charge < -0.3 is 16.0 Å². The number of amides is 2. The summed E-state index contributed by atoms with van der Waals surface area (Å²) >= 11 is 12.0. The van der Waals surface area contributed by atoms with Crippen molar-refractivity contribution in [3.8, 4) is 0 Å². The second-order valence-corrected chi connectivity index (χ2v) is 6.87.